The molecule has 0 saturated carbocycles. The summed E-state index contributed by atoms with van der Waals surface area (Å²) >= 11 is 0. The van der Waals surface area contributed by atoms with Gasteiger partial charge in [0.2, 0.25) is 0 Å². The Kier molecular flexibility index (Phi) is 6.22. The van der Waals surface area contributed by atoms with Crippen molar-refractivity contribution in [3.63, 3.8) is 0 Å². The third-order valence-corrected chi connectivity index (χ3v) is 4.40. The molecule has 2 amide bonds. The SMILES string of the molecule is COc1cc(NC(=O)NCc2cccn2Cc2cccc(C)c2)cc(OC)c1. The van der Waals surface area contributed by atoms with E-state index < -0.39 is 0 Å². The number of aromatic nitrogens is 1. The Hall–Kier alpha value is -3.41. The molecule has 0 unspecified atom stereocenters. The van der Waals surface area contributed by atoms with Crippen molar-refractivity contribution in [1.29, 1.82) is 0 Å². The van der Waals surface area contributed by atoms with E-state index in [2.05, 4.69) is 46.4 Å². The molecule has 0 aliphatic carbocycles. The van der Waals surface area contributed by atoms with Crippen LogP contribution in [0.15, 0.2) is 60.8 Å². The molecule has 1 aromatic heterocycles. The average molecular weight is 379 g/mol. The van der Waals surface area contributed by atoms with E-state index in [0.717, 1.165) is 12.2 Å². The van der Waals surface area contributed by atoms with Crippen molar-refractivity contribution in [3.8, 4) is 11.5 Å². The number of urea groups is 1. The van der Waals surface area contributed by atoms with Crippen LogP contribution in [-0.4, -0.2) is 24.8 Å². The molecule has 28 heavy (non-hydrogen) atoms. The van der Waals surface area contributed by atoms with Crippen LogP contribution in [0.4, 0.5) is 10.5 Å². The molecule has 0 aliphatic rings. The molecule has 0 spiro atoms. The van der Waals surface area contributed by atoms with E-state index in [1.807, 2.05) is 18.3 Å². The molecule has 0 radical (unpaired) electrons. The lowest BCUT2D eigenvalue weighted by atomic mass is 10.1. The number of aryl methyl sites for hydroxylation is 1. The highest BCUT2D eigenvalue weighted by Crippen LogP contribution is 2.25. The summed E-state index contributed by atoms with van der Waals surface area (Å²) < 4.78 is 12.6. The zero-order chi connectivity index (χ0) is 19.9. The summed E-state index contributed by atoms with van der Waals surface area (Å²) in [4.78, 5) is 12.3. The molecule has 6 nitrogen and oxygen atoms in total. The zero-order valence-electron chi connectivity index (χ0n) is 16.4. The fourth-order valence-corrected chi connectivity index (χ4v) is 3.00. The molecule has 6 heteroatoms. The Labute approximate surface area is 165 Å². The monoisotopic (exact) mass is 379 g/mol. The Morgan fingerprint density at radius 1 is 1.00 bits per heavy atom. The first-order chi connectivity index (χ1) is 13.6. The largest absolute Gasteiger partial charge is 0.497 e. The Balaban J connectivity index is 1.60. The molecule has 3 aromatic rings. The van der Waals surface area contributed by atoms with Gasteiger partial charge in [-0.1, -0.05) is 29.8 Å². The molecule has 146 valence electrons. The zero-order valence-corrected chi connectivity index (χ0v) is 16.4. The smallest absolute Gasteiger partial charge is 0.319 e. The van der Waals surface area contributed by atoms with E-state index >= 15 is 0 Å². The maximum absolute atomic E-state index is 12.3. The lowest BCUT2D eigenvalue weighted by Gasteiger charge is -2.13. The number of nitrogens with zero attached hydrogens (tertiary/aromatic N) is 1. The summed E-state index contributed by atoms with van der Waals surface area (Å²) in [5.41, 5.74) is 4.09. The van der Waals surface area contributed by atoms with E-state index in [1.54, 1.807) is 32.4 Å². The predicted octanol–water partition coefficient (Wildman–Crippen LogP) is 4.18. The highest BCUT2D eigenvalue weighted by molar-refractivity contribution is 5.89. The number of amides is 2. The lowest BCUT2D eigenvalue weighted by Crippen LogP contribution is -2.29. The van der Waals surface area contributed by atoms with Gasteiger partial charge in [-0.05, 0) is 24.6 Å². The number of methoxy groups -OCH3 is 2. The molecule has 0 fully saturated rings. The van der Waals surface area contributed by atoms with Crippen LogP contribution in [0.5, 0.6) is 11.5 Å². The van der Waals surface area contributed by atoms with E-state index in [1.165, 1.54) is 11.1 Å². The van der Waals surface area contributed by atoms with Gasteiger partial charge < -0.3 is 24.7 Å². The summed E-state index contributed by atoms with van der Waals surface area (Å²) in [5.74, 6) is 1.23. The van der Waals surface area contributed by atoms with E-state index in [0.29, 0.717) is 23.7 Å². The van der Waals surface area contributed by atoms with Crippen LogP contribution in [0.25, 0.3) is 0 Å². The molecule has 2 aromatic carbocycles. The minimum atomic E-state index is -0.293. The number of hydrogen-bond donors (Lipinski definition) is 2. The minimum absolute atomic E-state index is 0.293. The standard InChI is InChI=1S/C22H25N3O3/c1-16-6-4-7-17(10-16)15-25-9-5-8-19(25)14-23-22(26)24-18-11-20(27-2)13-21(12-18)28-3/h4-13H,14-15H2,1-3H3,(H2,23,24,26). The summed E-state index contributed by atoms with van der Waals surface area (Å²) in [6, 6.07) is 17.3. The number of ether oxygens (including phenoxy) is 2. The molecule has 0 bridgehead atoms. The van der Waals surface area contributed by atoms with Crippen molar-refractivity contribution in [2.75, 3.05) is 19.5 Å². The second-order valence-corrected chi connectivity index (χ2v) is 6.53. The van der Waals surface area contributed by atoms with E-state index in [4.69, 9.17) is 9.47 Å². The van der Waals surface area contributed by atoms with Gasteiger partial charge in [0.25, 0.3) is 0 Å². The third-order valence-electron chi connectivity index (χ3n) is 4.40. The summed E-state index contributed by atoms with van der Waals surface area (Å²) in [6.07, 6.45) is 2.02. The third kappa shape index (κ3) is 5.07. The number of rotatable bonds is 7. The molecule has 2 N–H and O–H groups in total. The predicted molar refractivity (Wildman–Crippen MR) is 110 cm³/mol. The second-order valence-electron chi connectivity index (χ2n) is 6.53. The topological polar surface area (TPSA) is 64.5 Å². The summed E-state index contributed by atoms with van der Waals surface area (Å²) in [5, 5.41) is 5.70. The number of hydrogen-bond acceptors (Lipinski definition) is 3. The van der Waals surface area contributed by atoms with Gasteiger partial charge in [0.15, 0.2) is 0 Å². The first-order valence-electron chi connectivity index (χ1n) is 9.05. The van der Waals surface area contributed by atoms with Gasteiger partial charge in [0.05, 0.1) is 20.8 Å². The second kappa shape index (κ2) is 8.99. The fourth-order valence-electron chi connectivity index (χ4n) is 3.00. The van der Waals surface area contributed by atoms with E-state index in [-0.39, 0.29) is 6.03 Å². The maximum atomic E-state index is 12.3. The Morgan fingerprint density at radius 2 is 1.75 bits per heavy atom. The molecular weight excluding hydrogens is 354 g/mol. The molecule has 0 saturated heterocycles. The van der Waals surface area contributed by atoms with E-state index in [9.17, 15) is 4.79 Å². The molecule has 0 atom stereocenters. The van der Waals surface area contributed by atoms with Gasteiger partial charge >= 0.3 is 6.03 Å². The van der Waals surface area contributed by atoms with Gasteiger partial charge in [-0.15, -0.1) is 0 Å². The van der Waals surface area contributed by atoms with Crippen molar-refractivity contribution in [2.24, 2.45) is 0 Å². The number of benzene rings is 2. The normalized spacial score (nSPS) is 10.4. The number of nitrogens with one attached hydrogen (secondary N) is 2. The highest BCUT2D eigenvalue weighted by atomic mass is 16.5. The van der Waals surface area contributed by atoms with Gasteiger partial charge in [-0.2, -0.15) is 0 Å². The Morgan fingerprint density at radius 3 is 2.43 bits per heavy atom. The summed E-state index contributed by atoms with van der Waals surface area (Å²) in [7, 11) is 3.14. The van der Waals surface area contributed by atoms with Crippen LogP contribution >= 0.6 is 0 Å². The quantitative estimate of drug-likeness (QED) is 0.647. The van der Waals surface area contributed by atoms with Crippen molar-refractivity contribution in [1.82, 2.24) is 9.88 Å². The summed E-state index contributed by atoms with van der Waals surface area (Å²) in [6.45, 7) is 3.27. The van der Waals surface area contributed by atoms with Crippen LogP contribution < -0.4 is 20.1 Å². The number of carbonyl (C=O) groups is 1. The molecule has 3 rings (SSSR count). The molecule has 1 heterocycles. The van der Waals surface area contributed by atoms with Gasteiger partial charge in [-0.3, -0.25) is 0 Å². The van der Waals surface area contributed by atoms with Gasteiger partial charge in [0, 0.05) is 42.3 Å². The van der Waals surface area contributed by atoms with Gasteiger partial charge in [0.1, 0.15) is 11.5 Å². The average Bonchev–Trinajstić information content (AvgIpc) is 3.13. The van der Waals surface area contributed by atoms with Crippen LogP contribution in [0.2, 0.25) is 0 Å². The van der Waals surface area contributed by atoms with Crippen molar-refractivity contribution in [3.05, 3.63) is 77.6 Å². The molecule has 0 aliphatic heterocycles. The molecular formula is C22H25N3O3. The lowest BCUT2D eigenvalue weighted by molar-refractivity contribution is 0.251. The Bertz CT molecular complexity index is 927. The van der Waals surface area contributed by atoms with Crippen LogP contribution in [-0.2, 0) is 13.1 Å². The van der Waals surface area contributed by atoms with Gasteiger partial charge in [-0.25, -0.2) is 4.79 Å². The van der Waals surface area contributed by atoms with Crippen LogP contribution in [0.3, 0.4) is 0 Å². The first-order valence-corrected chi connectivity index (χ1v) is 9.05. The first kappa shape index (κ1) is 19.4. The number of anilines is 1. The fraction of sp³-hybridized carbons (Fsp3) is 0.227. The number of carbonyl (C=O) groups excluding carboxylic acids is 1. The maximum Gasteiger partial charge on any atom is 0.319 e. The van der Waals surface area contributed by atoms with Crippen molar-refractivity contribution in [2.45, 2.75) is 20.0 Å². The van der Waals surface area contributed by atoms with Crippen molar-refractivity contribution >= 4 is 11.7 Å². The van der Waals surface area contributed by atoms with Crippen molar-refractivity contribution < 1.29 is 14.3 Å². The van der Waals surface area contributed by atoms with Crippen LogP contribution in [0, 0.1) is 6.92 Å². The highest BCUT2D eigenvalue weighted by Gasteiger charge is 2.08. The van der Waals surface area contributed by atoms with Crippen LogP contribution in [0.1, 0.15) is 16.8 Å². The minimum Gasteiger partial charge on any atom is -0.497 e.